The summed E-state index contributed by atoms with van der Waals surface area (Å²) in [6.07, 6.45) is 3.84. The minimum absolute atomic E-state index is 0.0992. The Morgan fingerprint density at radius 1 is 1.30 bits per heavy atom. The third kappa shape index (κ3) is 2.67. The summed E-state index contributed by atoms with van der Waals surface area (Å²) in [5, 5.41) is 0.627. The van der Waals surface area contributed by atoms with Crippen LogP contribution in [0.25, 0.3) is 10.9 Å². The molecule has 0 radical (unpaired) electrons. The molecule has 0 saturated heterocycles. The van der Waals surface area contributed by atoms with E-state index in [0.717, 1.165) is 12.8 Å². The van der Waals surface area contributed by atoms with Crippen LogP contribution in [0.1, 0.15) is 12.8 Å². The maximum absolute atomic E-state index is 12.4. The number of fused-ring (bicyclic) bond motifs is 1. The maximum atomic E-state index is 12.4. The van der Waals surface area contributed by atoms with Crippen molar-refractivity contribution in [3.8, 4) is 0 Å². The summed E-state index contributed by atoms with van der Waals surface area (Å²) in [4.78, 5) is 4.43. The molecule has 3 rings (SSSR count). The molecule has 1 aliphatic carbocycles. The van der Waals surface area contributed by atoms with Crippen LogP contribution in [0, 0.1) is 5.92 Å². The molecule has 0 spiro atoms. The first-order chi connectivity index (χ1) is 9.58. The fourth-order valence-electron chi connectivity index (χ4n) is 2.28. The Balaban J connectivity index is 1.88. The summed E-state index contributed by atoms with van der Waals surface area (Å²) in [7, 11) is -3.56. The lowest BCUT2D eigenvalue weighted by molar-refractivity contribution is 0.548. The molecule has 2 aromatic rings. The standard InChI is InChI=1S/C14H17N3O2S/c15-12(10-6-7-10)9-17-20(18,19)14-5-1-4-13-11(14)3-2-8-16-13/h1-5,8,10,12,17H,6-7,9,15H2. The molecular formula is C14H17N3O2S. The highest BCUT2D eigenvalue weighted by Gasteiger charge is 2.29. The van der Waals surface area contributed by atoms with Gasteiger partial charge in [0, 0.05) is 24.2 Å². The molecule has 1 aromatic carbocycles. The fraction of sp³-hybridized carbons (Fsp3) is 0.357. The van der Waals surface area contributed by atoms with Crippen molar-refractivity contribution in [1.29, 1.82) is 0 Å². The zero-order chi connectivity index (χ0) is 14.2. The van der Waals surface area contributed by atoms with E-state index < -0.39 is 10.0 Å². The fourth-order valence-corrected chi connectivity index (χ4v) is 3.57. The van der Waals surface area contributed by atoms with Crippen LogP contribution in [0.4, 0.5) is 0 Å². The topological polar surface area (TPSA) is 85.1 Å². The summed E-state index contributed by atoms with van der Waals surface area (Å²) in [5.41, 5.74) is 6.61. The van der Waals surface area contributed by atoms with Gasteiger partial charge in [-0.3, -0.25) is 4.98 Å². The van der Waals surface area contributed by atoms with Crippen LogP contribution in [0.2, 0.25) is 0 Å². The van der Waals surface area contributed by atoms with E-state index in [1.54, 1.807) is 36.5 Å². The summed E-state index contributed by atoms with van der Waals surface area (Å²) >= 11 is 0. The maximum Gasteiger partial charge on any atom is 0.241 e. The largest absolute Gasteiger partial charge is 0.326 e. The predicted molar refractivity (Wildman–Crippen MR) is 77.6 cm³/mol. The van der Waals surface area contributed by atoms with E-state index in [-0.39, 0.29) is 17.5 Å². The summed E-state index contributed by atoms with van der Waals surface area (Å²) in [6, 6.07) is 8.48. The summed E-state index contributed by atoms with van der Waals surface area (Å²) in [5.74, 6) is 0.465. The monoisotopic (exact) mass is 291 g/mol. The lowest BCUT2D eigenvalue weighted by atomic mass is 10.2. The van der Waals surface area contributed by atoms with Crippen molar-refractivity contribution < 1.29 is 8.42 Å². The van der Waals surface area contributed by atoms with E-state index in [4.69, 9.17) is 5.73 Å². The third-order valence-corrected chi connectivity index (χ3v) is 5.11. The van der Waals surface area contributed by atoms with Crippen LogP contribution in [0.5, 0.6) is 0 Å². The van der Waals surface area contributed by atoms with Crippen LogP contribution in [-0.2, 0) is 10.0 Å². The molecule has 106 valence electrons. The van der Waals surface area contributed by atoms with Gasteiger partial charge in [-0.1, -0.05) is 6.07 Å². The molecule has 1 heterocycles. The van der Waals surface area contributed by atoms with Gasteiger partial charge in [-0.05, 0) is 43.0 Å². The number of aromatic nitrogens is 1. The molecule has 1 saturated carbocycles. The zero-order valence-electron chi connectivity index (χ0n) is 11.0. The van der Waals surface area contributed by atoms with Gasteiger partial charge in [0.2, 0.25) is 10.0 Å². The predicted octanol–water partition coefficient (Wildman–Crippen LogP) is 1.25. The van der Waals surface area contributed by atoms with Gasteiger partial charge in [0.05, 0.1) is 10.4 Å². The van der Waals surface area contributed by atoms with E-state index in [1.165, 1.54) is 0 Å². The minimum atomic E-state index is -3.56. The average Bonchev–Trinajstić information content (AvgIpc) is 3.29. The van der Waals surface area contributed by atoms with Gasteiger partial charge in [0.15, 0.2) is 0 Å². The number of hydrogen-bond donors (Lipinski definition) is 2. The van der Waals surface area contributed by atoms with Gasteiger partial charge in [-0.2, -0.15) is 0 Å². The Bertz CT molecular complexity index is 721. The SMILES string of the molecule is NC(CNS(=O)(=O)c1cccc2ncccc12)C1CC1. The molecule has 3 N–H and O–H groups in total. The van der Waals surface area contributed by atoms with E-state index in [1.807, 2.05) is 0 Å². The van der Waals surface area contributed by atoms with Crippen LogP contribution in [-0.4, -0.2) is 26.0 Å². The van der Waals surface area contributed by atoms with Gasteiger partial charge in [-0.15, -0.1) is 0 Å². The number of nitrogens with one attached hydrogen (secondary N) is 1. The normalized spacial score (nSPS) is 17.2. The molecule has 1 atom stereocenters. The van der Waals surface area contributed by atoms with Crippen molar-refractivity contribution in [3.63, 3.8) is 0 Å². The molecule has 1 aromatic heterocycles. The van der Waals surface area contributed by atoms with E-state index >= 15 is 0 Å². The number of hydrogen-bond acceptors (Lipinski definition) is 4. The Kier molecular flexibility index (Phi) is 3.45. The smallest absolute Gasteiger partial charge is 0.241 e. The van der Waals surface area contributed by atoms with Crippen LogP contribution in [0.3, 0.4) is 0 Å². The van der Waals surface area contributed by atoms with Gasteiger partial charge < -0.3 is 5.73 Å². The zero-order valence-corrected chi connectivity index (χ0v) is 11.8. The molecular weight excluding hydrogens is 274 g/mol. The second kappa shape index (κ2) is 5.12. The first-order valence-electron chi connectivity index (χ1n) is 6.67. The van der Waals surface area contributed by atoms with Crippen molar-refractivity contribution in [2.75, 3.05) is 6.54 Å². The molecule has 1 fully saturated rings. The van der Waals surface area contributed by atoms with Crippen molar-refractivity contribution >= 4 is 20.9 Å². The highest BCUT2D eigenvalue weighted by molar-refractivity contribution is 7.89. The lowest BCUT2D eigenvalue weighted by Gasteiger charge is -2.13. The molecule has 0 aliphatic heterocycles. The van der Waals surface area contributed by atoms with Gasteiger partial charge >= 0.3 is 0 Å². The summed E-state index contributed by atoms with van der Waals surface area (Å²) < 4.78 is 27.4. The number of pyridine rings is 1. The molecule has 0 bridgehead atoms. The van der Waals surface area contributed by atoms with Gasteiger partial charge in [0.25, 0.3) is 0 Å². The highest BCUT2D eigenvalue weighted by atomic mass is 32.2. The van der Waals surface area contributed by atoms with Crippen molar-refractivity contribution in [2.24, 2.45) is 11.7 Å². The Morgan fingerprint density at radius 2 is 2.10 bits per heavy atom. The quantitative estimate of drug-likeness (QED) is 0.868. The number of rotatable bonds is 5. The lowest BCUT2D eigenvalue weighted by Crippen LogP contribution is -2.38. The average molecular weight is 291 g/mol. The second-order valence-corrected chi connectivity index (χ2v) is 6.91. The second-order valence-electron chi connectivity index (χ2n) is 5.18. The Hall–Kier alpha value is -1.50. The van der Waals surface area contributed by atoms with Crippen LogP contribution in [0.15, 0.2) is 41.4 Å². The van der Waals surface area contributed by atoms with E-state index in [9.17, 15) is 8.42 Å². The highest BCUT2D eigenvalue weighted by Crippen LogP contribution is 2.31. The Morgan fingerprint density at radius 3 is 2.85 bits per heavy atom. The van der Waals surface area contributed by atoms with E-state index in [2.05, 4.69) is 9.71 Å². The van der Waals surface area contributed by atoms with Crippen molar-refractivity contribution in [3.05, 3.63) is 36.5 Å². The van der Waals surface area contributed by atoms with E-state index in [0.29, 0.717) is 16.8 Å². The van der Waals surface area contributed by atoms with Crippen LogP contribution < -0.4 is 10.5 Å². The first-order valence-corrected chi connectivity index (χ1v) is 8.15. The number of sulfonamides is 1. The third-order valence-electron chi connectivity index (χ3n) is 3.63. The molecule has 6 heteroatoms. The number of nitrogens with zero attached hydrogens (tertiary/aromatic N) is 1. The number of benzene rings is 1. The molecule has 5 nitrogen and oxygen atoms in total. The van der Waals surface area contributed by atoms with Crippen molar-refractivity contribution in [1.82, 2.24) is 9.71 Å². The van der Waals surface area contributed by atoms with Gasteiger partial charge in [0.1, 0.15) is 0 Å². The van der Waals surface area contributed by atoms with Crippen LogP contribution >= 0.6 is 0 Å². The number of nitrogens with two attached hydrogens (primary N) is 1. The molecule has 20 heavy (non-hydrogen) atoms. The Labute approximate surface area is 118 Å². The minimum Gasteiger partial charge on any atom is -0.326 e. The molecule has 0 amide bonds. The molecule has 1 aliphatic rings. The van der Waals surface area contributed by atoms with Crippen molar-refractivity contribution in [2.45, 2.75) is 23.8 Å². The first kappa shape index (κ1) is 13.5. The molecule has 1 unspecified atom stereocenters. The van der Waals surface area contributed by atoms with Gasteiger partial charge in [-0.25, -0.2) is 13.1 Å². The summed E-state index contributed by atoms with van der Waals surface area (Å²) in [6.45, 7) is 0.281.